The summed E-state index contributed by atoms with van der Waals surface area (Å²) in [6, 6.07) is 0. The highest BCUT2D eigenvalue weighted by Crippen LogP contribution is 2.30. The number of hydrogen-bond acceptors (Lipinski definition) is 8. The van der Waals surface area contributed by atoms with Crippen LogP contribution < -0.4 is 11.0 Å². The molecular weight excluding hydrogens is 361 g/mol. The minimum Gasteiger partial charge on any atom is -0.457 e. The fourth-order valence-electron chi connectivity index (χ4n) is 2.80. The van der Waals surface area contributed by atoms with Gasteiger partial charge in [0.2, 0.25) is 0 Å². The van der Waals surface area contributed by atoms with Gasteiger partial charge in [-0.3, -0.25) is 9.36 Å². The molecule has 1 aliphatic rings. The Bertz CT molecular complexity index is 698. The van der Waals surface area contributed by atoms with Crippen molar-refractivity contribution in [2.45, 2.75) is 64.6 Å². The number of carbonyl (C=O) groups excluding carboxylic acids is 1. The molecule has 0 aliphatic carbocycles. The van der Waals surface area contributed by atoms with Crippen molar-refractivity contribution in [2.24, 2.45) is 0 Å². The van der Waals surface area contributed by atoms with Crippen LogP contribution in [0.1, 0.15) is 46.3 Å². The van der Waals surface area contributed by atoms with Gasteiger partial charge in [0.25, 0.3) is 0 Å². The number of ether oxygens (including phenoxy) is 3. The number of rotatable bonds is 9. The molecule has 0 amide bonds. The number of esters is 1. The first-order chi connectivity index (χ1) is 12.8. The van der Waals surface area contributed by atoms with Crippen LogP contribution in [0.4, 0.5) is 10.2 Å². The third-order valence-corrected chi connectivity index (χ3v) is 4.16. The molecule has 1 aromatic rings. The largest absolute Gasteiger partial charge is 0.457 e. The molecule has 1 saturated heterocycles. The average molecular weight is 387 g/mol. The third kappa shape index (κ3) is 5.47. The molecule has 2 N–H and O–H groups in total. The number of carbonyl (C=O) groups is 1. The van der Waals surface area contributed by atoms with Crippen LogP contribution >= 0.6 is 0 Å². The molecule has 1 fully saturated rings. The molecule has 27 heavy (non-hydrogen) atoms. The van der Waals surface area contributed by atoms with E-state index in [-0.39, 0.29) is 12.5 Å². The number of nitrogens with one attached hydrogen (secondary N) is 1. The van der Waals surface area contributed by atoms with Gasteiger partial charge in [-0.2, -0.15) is 4.98 Å². The van der Waals surface area contributed by atoms with Crippen LogP contribution in [-0.2, 0) is 19.0 Å². The van der Waals surface area contributed by atoms with Crippen molar-refractivity contribution in [3.05, 3.63) is 22.5 Å². The molecule has 4 unspecified atom stereocenters. The Morgan fingerprint density at radius 2 is 2.22 bits per heavy atom. The van der Waals surface area contributed by atoms with Gasteiger partial charge in [-0.15, -0.1) is 0 Å². The summed E-state index contributed by atoms with van der Waals surface area (Å²) in [4.78, 5) is 27.0. The monoisotopic (exact) mass is 387 g/mol. The number of halogens is 1. The molecule has 9 nitrogen and oxygen atoms in total. The van der Waals surface area contributed by atoms with E-state index >= 15 is 0 Å². The average Bonchev–Trinajstić information content (AvgIpc) is 2.88. The second kappa shape index (κ2) is 9.77. The van der Waals surface area contributed by atoms with Crippen LogP contribution in [-0.4, -0.2) is 52.3 Å². The number of aliphatic hydroxyl groups excluding tert-OH is 1. The first kappa shape index (κ1) is 21.3. The van der Waals surface area contributed by atoms with Gasteiger partial charge in [-0.05, 0) is 13.3 Å². The molecule has 0 bridgehead atoms. The fraction of sp³-hybridized carbons (Fsp3) is 0.706. The lowest BCUT2D eigenvalue weighted by molar-refractivity contribution is -0.152. The highest BCUT2D eigenvalue weighted by molar-refractivity contribution is 5.66. The van der Waals surface area contributed by atoms with E-state index in [1.807, 2.05) is 0 Å². The van der Waals surface area contributed by atoms with E-state index in [1.54, 1.807) is 6.92 Å². The van der Waals surface area contributed by atoms with Gasteiger partial charge < -0.3 is 24.6 Å². The lowest BCUT2D eigenvalue weighted by Crippen LogP contribution is -2.38. The SMILES string of the molecule is CCCCCOCNc1nc(=O)n(C2OC(C)C(OC(C)=O)C2O)cc1F. The van der Waals surface area contributed by atoms with Crippen molar-refractivity contribution in [3.8, 4) is 0 Å². The maximum atomic E-state index is 14.3. The van der Waals surface area contributed by atoms with Crippen LogP contribution in [0, 0.1) is 5.82 Å². The van der Waals surface area contributed by atoms with Crippen LogP contribution in [0.3, 0.4) is 0 Å². The quantitative estimate of drug-likeness (QED) is 0.369. The fourth-order valence-corrected chi connectivity index (χ4v) is 2.80. The van der Waals surface area contributed by atoms with Gasteiger partial charge in [0.1, 0.15) is 12.8 Å². The van der Waals surface area contributed by atoms with Gasteiger partial charge in [-0.1, -0.05) is 19.8 Å². The van der Waals surface area contributed by atoms with Gasteiger partial charge in [0.05, 0.1) is 12.3 Å². The summed E-state index contributed by atoms with van der Waals surface area (Å²) >= 11 is 0. The first-order valence-corrected chi connectivity index (χ1v) is 8.96. The summed E-state index contributed by atoms with van der Waals surface area (Å²) in [5.41, 5.74) is -0.815. The summed E-state index contributed by atoms with van der Waals surface area (Å²) in [6.07, 6.45) is -0.271. The van der Waals surface area contributed by atoms with E-state index in [9.17, 15) is 19.1 Å². The zero-order valence-corrected chi connectivity index (χ0v) is 15.7. The summed E-state index contributed by atoms with van der Waals surface area (Å²) in [5.74, 6) is -1.64. The van der Waals surface area contributed by atoms with E-state index in [0.29, 0.717) is 6.61 Å². The van der Waals surface area contributed by atoms with Gasteiger partial charge in [0.15, 0.2) is 24.0 Å². The predicted molar refractivity (Wildman–Crippen MR) is 93.6 cm³/mol. The summed E-state index contributed by atoms with van der Waals surface area (Å²) in [6.45, 7) is 5.40. The lowest BCUT2D eigenvalue weighted by Gasteiger charge is -2.19. The molecule has 1 aliphatic heterocycles. The molecule has 10 heteroatoms. The molecule has 2 heterocycles. The maximum absolute atomic E-state index is 14.3. The number of anilines is 1. The molecule has 0 aromatic carbocycles. The van der Waals surface area contributed by atoms with Crippen molar-refractivity contribution in [3.63, 3.8) is 0 Å². The van der Waals surface area contributed by atoms with Crippen LogP contribution in [0.25, 0.3) is 0 Å². The zero-order valence-electron chi connectivity index (χ0n) is 15.7. The van der Waals surface area contributed by atoms with Crippen molar-refractivity contribution >= 4 is 11.8 Å². The second-order valence-electron chi connectivity index (χ2n) is 6.36. The van der Waals surface area contributed by atoms with Crippen LogP contribution in [0.2, 0.25) is 0 Å². The highest BCUT2D eigenvalue weighted by atomic mass is 19.1. The summed E-state index contributed by atoms with van der Waals surface area (Å²) in [5, 5.41) is 12.9. The van der Waals surface area contributed by atoms with E-state index in [4.69, 9.17) is 14.2 Å². The van der Waals surface area contributed by atoms with Crippen molar-refractivity contribution in [1.29, 1.82) is 0 Å². The topological polar surface area (TPSA) is 112 Å². The van der Waals surface area contributed by atoms with E-state index in [2.05, 4.69) is 17.2 Å². The van der Waals surface area contributed by atoms with E-state index in [0.717, 1.165) is 30.0 Å². The molecule has 2 rings (SSSR count). The Morgan fingerprint density at radius 3 is 2.89 bits per heavy atom. The lowest BCUT2D eigenvalue weighted by atomic mass is 10.1. The van der Waals surface area contributed by atoms with Crippen molar-refractivity contribution in [2.75, 3.05) is 18.7 Å². The standard InChI is InChI=1S/C17H26FN3O6/c1-4-5-6-7-25-9-19-15-12(18)8-21(17(24)20-15)16-13(23)14(10(2)26-16)27-11(3)22/h8,10,13-14,16,23H,4-7,9H2,1-3H3,(H,19,20,24). The van der Waals surface area contributed by atoms with E-state index < -0.39 is 42.0 Å². The minimum atomic E-state index is -1.33. The Balaban J connectivity index is 2.04. The van der Waals surface area contributed by atoms with Gasteiger partial charge in [0, 0.05) is 13.5 Å². The smallest absolute Gasteiger partial charge is 0.351 e. The number of hydrogen-bond donors (Lipinski definition) is 2. The Labute approximate surface area is 156 Å². The number of nitrogens with zero attached hydrogens (tertiary/aromatic N) is 2. The summed E-state index contributed by atoms with van der Waals surface area (Å²) in [7, 11) is 0. The first-order valence-electron chi connectivity index (χ1n) is 8.96. The van der Waals surface area contributed by atoms with Crippen LogP contribution in [0.15, 0.2) is 11.0 Å². The molecule has 0 radical (unpaired) electrons. The number of aromatic nitrogens is 2. The minimum absolute atomic E-state index is 0.0190. The number of aliphatic hydroxyl groups is 1. The Kier molecular flexibility index (Phi) is 7.69. The molecule has 0 saturated carbocycles. The Morgan fingerprint density at radius 1 is 1.48 bits per heavy atom. The second-order valence-corrected chi connectivity index (χ2v) is 6.36. The van der Waals surface area contributed by atoms with Crippen LogP contribution in [0.5, 0.6) is 0 Å². The molecular formula is C17H26FN3O6. The van der Waals surface area contributed by atoms with Crippen molar-refractivity contribution in [1.82, 2.24) is 9.55 Å². The molecule has 0 spiro atoms. The normalized spacial score (nSPS) is 24.8. The molecule has 1 aromatic heterocycles. The maximum Gasteiger partial charge on any atom is 0.351 e. The highest BCUT2D eigenvalue weighted by Gasteiger charge is 2.45. The van der Waals surface area contributed by atoms with Gasteiger partial charge in [-0.25, -0.2) is 9.18 Å². The number of unbranched alkanes of at least 4 members (excludes halogenated alkanes) is 2. The van der Waals surface area contributed by atoms with E-state index in [1.165, 1.54) is 6.92 Å². The van der Waals surface area contributed by atoms with Crippen molar-refractivity contribution < 1.29 is 28.5 Å². The third-order valence-electron chi connectivity index (χ3n) is 4.16. The zero-order chi connectivity index (χ0) is 20.0. The van der Waals surface area contributed by atoms with Gasteiger partial charge >= 0.3 is 11.7 Å². The Hall–Kier alpha value is -2.04. The summed E-state index contributed by atoms with van der Waals surface area (Å²) < 4.78 is 30.9. The predicted octanol–water partition coefficient (Wildman–Crippen LogP) is 1.17. The molecule has 4 atom stereocenters. The molecule has 152 valence electrons.